The van der Waals surface area contributed by atoms with Crippen LogP contribution < -0.4 is 10.5 Å². The molecule has 0 unspecified atom stereocenters. The van der Waals surface area contributed by atoms with Gasteiger partial charge >= 0.3 is 0 Å². The van der Waals surface area contributed by atoms with Crippen molar-refractivity contribution in [1.82, 2.24) is 9.55 Å². The van der Waals surface area contributed by atoms with Gasteiger partial charge in [0, 0.05) is 23.7 Å². The third-order valence-corrected chi connectivity index (χ3v) is 3.15. The molecule has 2 rings (SSSR count). The van der Waals surface area contributed by atoms with Crippen LogP contribution in [0.1, 0.15) is 44.1 Å². The van der Waals surface area contributed by atoms with Crippen LogP contribution in [0, 0.1) is 5.82 Å². The van der Waals surface area contributed by atoms with Gasteiger partial charge in [0.15, 0.2) is 0 Å². The van der Waals surface area contributed by atoms with Crippen molar-refractivity contribution >= 4 is 0 Å². The molecule has 0 aliphatic heterocycles. The topological polar surface area (TPSA) is 53.1 Å². The summed E-state index contributed by atoms with van der Waals surface area (Å²) < 4.78 is 21.4. The van der Waals surface area contributed by atoms with Crippen molar-refractivity contribution in [3.05, 3.63) is 47.8 Å². The third kappa shape index (κ3) is 3.17. The van der Waals surface area contributed by atoms with Crippen molar-refractivity contribution < 1.29 is 9.13 Å². The summed E-state index contributed by atoms with van der Waals surface area (Å²) in [6.45, 7) is 6.25. The molecule has 0 saturated heterocycles. The Bertz CT molecular complexity index is 578. The molecular formula is C15H20FN3O. The normalized spacial score (nSPS) is 12.7. The maximum absolute atomic E-state index is 13.8. The number of imidazole rings is 1. The zero-order valence-corrected chi connectivity index (χ0v) is 12.0. The van der Waals surface area contributed by atoms with Gasteiger partial charge in [-0.1, -0.05) is 6.07 Å². The van der Waals surface area contributed by atoms with E-state index in [1.54, 1.807) is 31.6 Å². The quantitative estimate of drug-likeness (QED) is 0.913. The molecule has 0 spiro atoms. The highest BCUT2D eigenvalue weighted by Crippen LogP contribution is 2.21. The minimum Gasteiger partial charge on any atom is -0.487 e. The lowest BCUT2D eigenvalue weighted by molar-refractivity contribution is 0.290. The smallest absolute Gasteiger partial charge is 0.131 e. The molecular weight excluding hydrogens is 257 g/mol. The van der Waals surface area contributed by atoms with Crippen LogP contribution >= 0.6 is 0 Å². The second kappa shape index (κ2) is 6.05. The van der Waals surface area contributed by atoms with Crippen molar-refractivity contribution in [3.63, 3.8) is 0 Å². The van der Waals surface area contributed by atoms with Gasteiger partial charge in [0.1, 0.15) is 18.2 Å². The Morgan fingerprint density at radius 1 is 1.35 bits per heavy atom. The van der Waals surface area contributed by atoms with E-state index in [1.165, 1.54) is 6.07 Å². The van der Waals surface area contributed by atoms with Gasteiger partial charge in [-0.05, 0) is 26.8 Å². The van der Waals surface area contributed by atoms with Crippen molar-refractivity contribution in [2.75, 3.05) is 0 Å². The number of aromatic nitrogens is 2. The fourth-order valence-electron chi connectivity index (χ4n) is 2.03. The van der Waals surface area contributed by atoms with Gasteiger partial charge in [-0.15, -0.1) is 0 Å². The summed E-state index contributed by atoms with van der Waals surface area (Å²) in [5.41, 5.74) is 7.12. The van der Waals surface area contributed by atoms with Gasteiger partial charge in [-0.25, -0.2) is 9.37 Å². The lowest BCUT2D eigenvalue weighted by atomic mass is 10.1. The minimum absolute atomic E-state index is 0.313. The van der Waals surface area contributed by atoms with E-state index >= 15 is 0 Å². The van der Waals surface area contributed by atoms with E-state index in [1.807, 2.05) is 4.57 Å². The predicted octanol–water partition coefficient (Wildman–Crippen LogP) is 3.20. The zero-order chi connectivity index (χ0) is 14.7. The van der Waals surface area contributed by atoms with E-state index in [9.17, 15) is 4.39 Å². The van der Waals surface area contributed by atoms with Crippen molar-refractivity contribution in [2.45, 2.75) is 39.5 Å². The number of hydrogen-bond acceptors (Lipinski definition) is 3. The molecule has 1 aromatic heterocycles. The van der Waals surface area contributed by atoms with Crippen molar-refractivity contribution in [2.24, 2.45) is 5.73 Å². The van der Waals surface area contributed by atoms with Gasteiger partial charge < -0.3 is 15.0 Å². The molecule has 1 aromatic carbocycles. The van der Waals surface area contributed by atoms with Gasteiger partial charge in [0.25, 0.3) is 0 Å². The van der Waals surface area contributed by atoms with Crippen molar-refractivity contribution in [1.29, 1.82) is 0 Å². The van der Waals surface area contributed by atoms with Crippen LogP contribution in [0.5, 0.6) is 5.75 Å². The summed E-state index contributed by atoms with van der Waals surface area (Å²) in [7, 11) is 0. The SMILES string of the molecule is CC(C)n1cncc1COc1ccc([C@@H](C)N)c(F)c1. The van der Waals surface area contributed by atoms with Gasteiger partial charge in [-0.2, -0.15) is 0 Å². The zero-order valence-electron chi connectivity index (χ0n) is 12.0. The first kappa shape index (κ1) is 14.5. The number of hydrogen-bond donors (Lipinski definition) is 1. The first-order valence-corrected chi connectivity index (χ1v) is 6.67. The first-order chi connectivity index (χ1) is 9.49. The molecule has 0 saturated carbocycles. The van der Waals surface area contributed by atoms with E-state index in [0.717, 1.165) is 5.69 Å². The fourth-order valence-corrected chi connectivity index (χ4v) is 2.03. The molecule has 5 heteroatoms. The second-order valence-electron chi connectivity index (χ2n) is 5.15. The summed E-state index contributed by atoms with van der Waals surface area (Å²) in [5, 5.41) is 0. The minimum atomic E-state index is -0.338. The average Bonchev–Trinajstić information content (AvgIpc) is 2.84. The number of benzene rings is 1. The Hall–Kier alpha value is -1.88. The lowest BCUT2D eigenvalue weighted by Gasteiger charge is -2.13. The third-order valence-electron chi connectivity index (χ3n) is 3.15. The Labute approximate surface area is 118 Å². The number of nitrogens with two attached hydrogens (primary N) is 1. The van der Waals surface area contributed by atoms with E-state index in [4.69, 9.17) is 10.5 Å². The summed E-state index contributed by atoms with van der Waals surface area (Å²) in [6.07, 6.45) is 3.52. The summed E-state index contributed by atoms with van der Waals surface area (Å²) in [6, 6.07) is 4.75. The molecule has 1 heterocycles. The molecule has 2 N–H and O–H groups in total. The molecule has 0 amide bonds. The molecule has 0 aliphatic rings. The van der Waals surface area contributed by atoms with Crippen LogP contribution in [0.2, 0.25) is 0 Å². The number of rotatable bonds is 5. The molecule has 0 bridgehead atoms. The summed E-state index contributed by atoms with van der Waals surface area (Å²) >= 11 is 0. The molecule has 0 radical (unpaired) electrons. The van der Waals surface area contributed by atoms with Crippen LogP contribution in [-0.4, -0.2) is 9.55 Å². The second-order valence-corrected chi connectivity index (χ2v) is 5.15. The van der Waals surface area contributed by atoms with Crippen LogP contribution in [0.3, 0.4) is 0 Å². The molecule has 1 atom stereocenters. The van der Waals surface area contributed by atoms with Crippen LogP contribution in [0.25, 0.3) is 0 Å². The number of halogens is 1. The van der Waals surface area contributed by atoms with Gasteiger partial charge in [-0.3, -0.25) is 0 Å². The lowest BCUT2D eigenvalue weighted by Crippen LogP contribution is -2.09. The average molecular weight is 277 g/mol. The maximum Gasteiger partial charge on any atom is 0.131 e. The molecule has 0 fully saturated rings. The monoisotopic (exact) mass is 277 g/mol. The molecule has 20 heavy (non-hydrogen) atoms. The Kier molecular flexibility index (Phi) is 4.39. The number of nitrogens with zero attached hydrogens (tertiary/aromatic N) is 2. The highest BCUT2D eigenvalue weighted by Gasteiger charge is 2.10. The molecule has 0 aliphatic carbocycles. The molecule has 4 nitrogen and oxygen atoms in total. The molecule has 108 valence electrons. The van der Waals surface area contributed by atoms with E-state index in [0.29, 0.717) is 24.0 Å². The van der Waals surface area contributed by atoms with Crippen LogP contribution in [0.4, 0.5) is 4.39 Å². The summed E-state index contributed by atoms with van der Waals surface area (Å²) in [4.78, 5) is 4.10. The Morgan fingerprint density at radius 2 is 2.10 bits per heavy atom. The number of ether oxygens (including phenoxy) is 1. The van der Waals surface area contributed by atoms with E-state index in [-0.39, 0.29) is 11.9 Å². The Balaban J connectivity index is 2.08. The molecule has 2 aromatic rings. The highest BCUT2D eigenvalue weighted by molar-refractivity contribution is 5.30. The Morgan fingerprint density at radius 3 is 2.70 bits per heavy atom. The van der Waals surface area contributed by atoms with Gasteiger partial charge in [0.05, 0.1) is 18.2 Å². The predicted molar refractivity (Wildman–Crippen MR) is 75.9 cm³/mol. The van der Waals surface area contributed by atoms with E-state index in [2.05, 4.69) is 18.8 Å². The van der Waals surface area contributed by atoms with E-state index < -0.39 is 0 Å². The standard InChI is InChI=1S/C15H20FN3O/c1-10(2)19-9-18-7-12(19)8-20-13-4-5-14(11(3)17)15(16)6-13/h4-7,9-11H,8,17H2,1-3H3/t11-/m1/s1. The fraction of sp³-hybridized carbons (Fsp3) is 0.400. The first-order valence-electron chi connectivity index (χ1n) is 6.67. The largest absolute Gasteiger partial charge is 0.487 e. The highest BCUT2D eigenvalue weighted by atomic mass is 19.1. The van der Waals surface area contributed by atoms with Crippen molar-refractivity contribution in [3.8, 4) is 5.75 Å². The summed E-state index contributed by atoms with van der Waals surface area (Å²) in [5.74, 6) is 0.151. The maximum atomic E-state index is 13.8. The van der Waals surface area contributed by atoms with Crippen LogP contribution in [0.15, 0.2) is 30.7 Å². The van der Waals surface area contributed by atoms with Crippen LogP contribution in [-0.2, 0) is 6.61 Å². The van der Waals surface area contributed by atoms with Gasteiger partial charge in [0.2, 0.25) is 0 Å².